The zero-order chi connectivity index (χ0) is 37.0. The fourth-order valence-electron chi connectivity index (χ4n) is 5.32. The Morgan fingerprint density at radius 3 is 2.40 bits per heavy atom. The molecule has 0 saturated carbocycles. The Hall–Kier alpha value is -4.70. The molecule has 1 aliphatic rings. The van der Waals surface area contributed by atoms with Gasteiger partial charge in [0.05, 0.1) is 17.3 Å². The number of unbranched alkanes of at least 4 members (excludes halogenated alkanes) is 1. The first-order valence-electron chi connectivity index (χ1n) is 16.8. The van der Waals surface area contributed by atoms with Gasteiger partial charge in [0.15, 0.2) is 0 Å². The standard InChI is InChI=1S/C37H39ClN8O4S2/c1-23(43-34(47)31(42)5-2-3-14-39)37(48)50-18-17-49-28-12-8-24(9-13-28)32-29(19-40)33(46-15-4-16-46)45-36(30(32)20-41)52-22-27-21-51-35(44-27)25-6-10-26(38)11-7-25/h6-13,21,23,31H,2-5,14-18,22,39,42H2,1H3,(H,43,47)/t23-,31-/m0/s1. The number of esters is 1. The van der Waals surface area contributed by atoms with E-state index < -0.39 is 24.0 Å². The van der Waals surface area contributed by atoms with Crippen LogP contribution in [0.4, 0.5) is 5.82 Å². The SMILES string of the molecule is C[C@H](NC(=O)[C@@H](N)CCCCN)C(=O)OCCOc1ccc(-c2c(C#N)c(SCc3csc(-c4ccc(Cl)cc4)n3)nc(N3CCC3)c2C#N)cc1. The second-order valence-electron chi connectivity index (χ2n) is 12.0. The monoisotopic (exact) mass is 758 g/mol. The molecule has 12 nitrogen and oxygen atoms in total. The van der Waals surface area contributed by atoms with Crippen LogP contribution in [-0.2, 0) is 20.1 Å². The number of nitrogens with two attached hydrogens (primary N) is 2. The van der Waals surface area contributed by atoms with E-state index in [-0.39, 0.29) is 13.2 Å². The van der Waals surface area contributed by atoms with Crippen molar-refractivity contribution in [1.82, 2.24) is 15.3 Å². The lowest BCUT2D eigenvalue weighted by Crippen LogP contribution is -2.47. The first kappa shape index (κ1) is 38.5. The lowest BCUT2D eigenvalue weighted by atomic mass is 9.96. The Morgan fingerprint density at radius 1 is 1.04 bits per heavy atom. The fraction of sp³-hybridized carbons (Fsp3) is 0.351. The summed E-state index contributed by atoms with van der Waals surface area (Å²) in [5, 5.41) is 27.4. The third-order valence-corrected chi connectivity index (χ3v) is 10.5. The molecule has 270 valence electrons. The molecule has 5 rings (SSSR count). The van der Waals surface area contributed by atoms with Crippen LogP contribution in [0.2, 0.25) is 5.02 Å². The van der Waals surface area contributed by atoms with Crippen LogP contribution in [0, 0.1) is 22.7 Å². The van der Waals surface area contributed by atoms with Gasteiger partial charge in [-0.05, 0) is 62.6 Å². The second kappa shape index (κ2) is 18.7. The second-order valence-corrected chi connectivity index (χ2v) is 14.3. The molecular formula is C37H39ClN8O4S2. The topological polar surface area (TPSA) is 193 Å². The van der Waals surface area contributed by atoms with Gasteiger partial charge in [-0.3, -0.25) is 4.79 Å². The third kappa shape index (κ3) is 9.79. The summed E-state index contributed by atoms with van der Waals surface area (Å²) in [7, 11) is 0. The molecule has 1 saturated heterocycles. The van der Waals surface area contributed by atoms with Crippen LogP contribution in [0.1, 0.15) is 49.4 Å². The minimum Gasteiger partial charge on any atom is -0.490 e. The number of benzene rings is 2. The van der Waals surface area contributed by atoms with Crippen molar-refractivity contribution in [3.63, 3.8) is 0 Å². The van der Waals surface area contributed by atoms with E-state index in [2.05, 4.69) is 22.4 Å². The maximum Gasteiger partial charge on any atom is 0.328 e. The van der Waals surface area contributed by atoms with E-state index in [1.54, 1.807) is 24.3 Å². The summed E-state index contributed by atoms with van der Waals surface area (Å²) in [4.78, 5) is 36.4. The summed E-state index contributed by atoms with van der Waals surface area (Å²) in [6.07, 6.45) is 2.98. The predicted octanol–water partition coefficient (Wildman–Crippen LogP) is 5.65. The van der Waals surface area contributed by atoms with Gasteiger partial charge in [0.2, 0.25) is 5.91 Å². The number of ether oxygens (including phenoxy) is 2. The number of rotatable bonds is 17. The quantitative estimate of drug-likeness (QED) is 0.0681. The molecule has 0 bridgehead atoms. The number of nitriles is 2. The van der Waals surface area contributed by atoms with Crippen molar-refractivity contribution >= 4 is 52.4 Å². The van der Waals surface area contributed by atoms with Crippen molar-refractivity contribution in [2.24, 2.45) is 11.5 Å². The van der Waals surface area contributed by atoms with Crippen LogP contribution in [0.15, 0.2) is 58.9 Å². The number of nitrogens with one attached hydrogen (secondary N) is 1. The number of halogens is 1. The van der Waals surface area contributed by atoms with Gasteiger partial charge in [-0.1, -0.05) is 54.0 Å². The van der Waals surface area contributed by atoms with Crippen LogP contribution in [0.25, 0.3) is 21.7 Å². The van der Waals surface area contributed by atoms with Gasteiger partial charge in [-0.15, -0.1) is 11.3 Å². The fourth-order valence-corrected chi connectivity index (χ4v) is 7.25. The number of carbonyl (C=O) groups is 2. The molecule has 52 heavy (non-hydrogen) atoms. The van der Waals surface area contributed by atoms with Gasteiger partial charge in [-0.2, -0.15) is 10.5 Å². The number of amides is 1. The molecule has 0 aliphatic carbocycles. The molecule has 1 amide bonds. The molecule has 15 heteroatoms. The highest BCUT2D eigenvalue weighted by atomic mass is 35.5. The molecule has 4 aromatic rings. The van der Waals surface area contributed by atoms with Gasteiger partial charge in [0, 0.05) is 40.4 Å². The lowest BCUT2D eigenvalue weighted by Gasteiger charge is -2.33. The highest BCUT2D eigenvalue weighted by Gasteiger charge is 2.27. The number of thiazole rings is 1. The van der Waals surface area contributed by atoms with E-state index in [0.717, 1.165) is 48.6 Å². The number of thioether (sulfide) groups is 1. The summed E-state index contributed by atoms with van der Waals surface area (Å²) in [5.74, 6) is 0.537. The Morgan fingerprint density at radius 2 is 1.75 bits per heavy atom. The average Bonchev–Trinajstić information content (AvgIpc) is 3.61. The van der Waals surface area contributed by atoms with Gasteiger partial charge in [-0.25, -0.2) is 14.8 Å². The smallest absolute Gasteiger partial charge is 0.328 e. The highest BCUT2D eigenvalue weighted by Crippen LogP contribution is 2.40. The van der Waals surface area contributed by atoms with Crippen molar-refractivity contribution in [3.05, 3.63) is 75.8 Å². The molecule has 0 spiro atoms. The zero-order valence-electron chi connectivity index (χ0n) is 28.6. The van der Waals surface area contributed by atoms with E-state index in [1.165, 1.54) is 30.0 Å². The van der Waals surface area contributed by atoms with Crippen molar-refractivity contribution in [2.75, 3.05) is 37.7 Å². The number of anilines is 1. The van der Waals surface area contributed by atoms with Gasteiger partial charge < -0.3 is 31.2 Å². The Bertz CT molecular complexity index is 1940. The van der Waals surface area contributed by atoms with E-state index in [0.29, 0.717) is 62.6 Å². The summed E-state index contributed by atoms with van der Waals surface area (Å²) in [5.41, 5.74) is 15.1. The molecule has 0 radical (unpaired) electrons. The van der Waals surface area contributed by atoms with Crippen molar-refractivity contribution in [3.8, 4) is 39.6 Å². The van der Waals surface area contributed by atoms with Crippen LogP contribution >= 0.6 is 34.7 Å². The Balaban J connectivity index is 1.24. The van der Waals surface area contributed by atoms with Crippen LogP contribution in [0.5, 0.6) is 5.75 Å². The Kier molecular flexibility index (Phi) is 13.8. The maximum atomic E-state index is 12.4. The molecule has 0 unspecified atom stereocenters. The van der Waals surface area contributed by atoms with Crippen molar-refractivity contribution < 1.29 is 19.1 Å². The minimum absolute atomic E-state index is 0.0369. The number of hydrogen-bond donors (Lipinski definition) is 3. The molecular weight excluding hydrogens is 720 g/mol. The molecule has 2 aromatic carbocycles. The molecule has 2 aromatic heterocycles. The number of nitrogens with zero attached hydrogens (tertiary/aromatic N) is 5. The number of hydrogen-bond acceptors (Lipinski definition) is 13. The third-order valence-electron chi connectivity index (χ3n) is 8.28. The van der Waals surface area contributed by atoms with E-state index in [1.807, 2.05) is 29.6 Å². The molecule has 3 heterocycles. The van der Waals surface area contributed by atoms with E-state index in [9.17, 15) is 20.1 Å². The summed E-state index contributed by atoms with van der Waals surface area (Å²) in [6, 6.07) is 17.6. The highest BCUT2D eigenvalue weighted by molar-refractivity contribution is 7.98. The van der Waals surface area contributed by atoms with Gasteiger partial charge >= 0.3 is 5.97 Å². The largest absolute Gasteiger partial charge is 0.490 e. The molecule has 2 atom stereocenters. The molecule has 5 N–H and O–H groups in total. The van der Waals surface area contributed by atoms with Gasteiger partial charge in [0.25, 0.3) is 0 Å². The van der Waals surface area contributed by atoms with E-state index >= 15 is 0 Å². The first-order chi connectivity index (χ1) is 25.2. The van der Waals surface area contributed by atoms with Gasteiger partial charge in [0.1, 0.15) is 58.6 Å². The van der Waals surface area contributed by atoms with E-state index in [4.69, 9.17) is 42.5 Å². The van der Waals surface area contributed by atoms with Crippen molar-refractivity contribution in [1.29, 1.82) is 10.5 Å². The molecule has 1 aliphatic heterocycles. The van der Waals surface area contributed by atoms with Crippen molar-refractivity contribution in [2.45, 2.75) is 55.5 Å². The maximum absolute atomic E-state index is 12.4. The van der Waals surface area contributed by atoms with Crippen LogP contribution in [-0.4, -0.2) is 66.8 Å². The van der Waals surface area contributed by atoms with Crippen LogP contribution in [0.3, 0.4) is 0 Å². The summed E-state index contributed by atoms with van der Waals surface area (Å²) in [6.45, 7) is 3.65. The number of aromatic nitrogens is 2. The summed E-state index contributed by atoms with van der Waals surface area (Å²) < 4.78 is 11.1. The normalized spacial score (nSPS) is 13.3. The van der Waals surface area contributed by atoms with Crippen LogP contribution < -0.4 is 26.4 Å². The summed E-state index contributed by atoms with van der Waals surface area (Å²) >= 11 is 8.99. The molecule has 1 fully saturated rings. The predicted molar refractivity (Wildman–Crippen MR) is 203 cm³/mol. The zero-order valence-corrected chi connectivity index (χ0v) is 31.0. The minimum atomic E-state index is -0.867. The lowest BCUT2D eigenvalue weighted by molar-refractivity contribution is -0.148. The first-order valence-corrected chi connectivity index (χ1v) is 19.1. The Labute approximate surface area is 316 Å². The number of pyridine rings is 1. The average molecular weight is 759 g/mol. The number of carbonyl (C=O) groups excluding carboxylic acids is 2.